The van der Waals surface area contributed by atoms with Gasteiger partial charge in [-0.05, 0) is 30.3 Å². The molecular formula is C28H30N4O5. The van der Waals surface area contributed by atoms with Gasteiger partial charge in [-0.15, -0.1) is 0 Å². The molecule has 0 unspecified atom stereocenters. The van der Waals surface area contributed by atoms with E-state index in [9.17, 15) is 10.4 Å². The van der Waals surface area contributed by atoms with Crippen molar-refractivity contribution in [3.8, 4) is 23.6 Å². The molecule has 2 aliphatic rings. The first-order valence-corrected chi connectivity index (χ1v) is 12.0. The fourth-order valence-electron chi connectivity index (χ4n) is 6.25. The highest BCUT2D eigenvalue weighted by Crippen LogP contribution is 2.69. The molecule has 2 heterocycles. The van der Waals surface area contributed by atoms with Crippen LogP contribution in [0.1, 0.15) is 28.2 Å². The Labute approximate surface area is 215 Å². The maximum Gasteiger partial charge on any atom is 0.226 e. The number of fused-ring (bicyclic) bond motifs is 3. The van der Waals surface area contributed by atoms with Crippen molar-refractivity contribution in [2.24, 2.45) is 5.92 Å². The Bertz CT molecular complexity index is 1310. The van der Waals surface area contributed by atoms with Gasteiger partial charge in [0.15, 0.2) is 11.2 Å². The van der Waals surface area contributed by atoms with Crippen LogP contribution in [-0.4, -0.2) is 51.1 Å². The van der Waals surface area contributed by atoms with Gasteiger partial charge in [0.05, 0.1) is 44.6 Å². The molecule has 0 amide bonds. The summed E-state index contributed by atoms with van der Waals surface area (Å²) in [5, 5.41) is 25.8. The maximum absolute atomic E-state index is 13.1. The second-order valence-electron chi connectivity index (χ2n) is 9.25. The molecular weight excluding hydrogens is 472 g/mol. The molecule has 5 atom stereocenters. The highest BCUT2D eigenvalue weighted by Gasteiger charge is 2.77. The fourth-order valence-corrected chi connectivity index (χ4v) is 6.25. The molecule has 9 nitrogen and oxygen atoms in total. The summed E-state index contributed by atoms with van der Waals surface area (Å²) in [7, 11) is 6.42. The zero-order valence-corrected chi connectivity index (χ0v) is 21.2. The van der Waals surface area contributed by atoms with Crippen molar-refractivity contribution in [3.05, 3.63) is 82.9 Å². The number of rotatable bonds is 8. The normalized spacial score (nSPS) is 27.6. The number of aliphatic hydroxyl groups is 1. The van der Waals surface area contributed by atoms with E-state index in [0.29, 0.717) is 34.9 Å². The molecule has 1 aliphatic heterocycles. The maximum atomic E-state index is 13.1. The predicted molar refractivity (Wildman–Crippen MR) is 135 cm³/mol. The fraction of sp³-hybridized carbons (Fsp3) is 0.357. The van der Waals surface area contributed by atoms with Crippen molar-refractivity contribution in [1.29, 1.82) is 5.26 Å². The van der Waals surface area contributed by atoms with E-state index >= 15 is 0 Å². The topological polar surface area (TPSA) is 118 Å². The van der Waals surface area contributed by atoms with Crippen LogP contribution in [0.5, 0.6) is 17.5 Å². The van der Waals surface area contributed by atoms with Gasteiger partial charge in [-0.25, -0.2) is 0 Å². The van der Waals surface area contributed by atoms with Gasteiger partial charge in [0.1, 0.15) is 5.75 Å². The van der Waals surface area contributed by atoms with E-state index in [-0.39, 0.29) is 17.7 Å². The Balaban J connectivity index is 1.89. The van der Waals surface area contributed by atoms with E-state index in [1.165, 1.54) is 21.3 Å². The standard InChI is InChI=1S/C28H30N4O5/c1-30-16-20-23(18-8-6-5-7-9-18)28(19-12-10-17(15-29)11-13-19)27(33,25(20)32-36-4)24-21(37-28)14-22(34-2)31-26(24)35-3/h5-14,20,23,25,30,32-33H,16H2,1-4H3/t20-,23-,25-,27+,28+/m1/s1. The van der Waals surface area contributed by atoms with Crippen LogP contribution in [0.15, 0.2) is 60.7 Å². The third-order valence-electron chi connectivity index (χ3n) is 7.58. The van der Waals surface area contributed by atoms with Crippen LogP contribution in [0.3, 0.4) is 0 Å². The molecule has 1 fully saturated rings. The lowest BCUT2D eigenvalue weighted by atomic mass is 9.70. The first-order valence-electron chi connectivity index (χ1n) is 12.0. The van der Waals surface area contributed by atoms with Crippen molar-refractivity contribution in [2.75, 3.05) is 34.9 Å². The van der Waals surface area contributed by atoms with Gasteiger partial charge in [0.25, 0.3) is 0 Å². The summed E-state index contributed by atoms with van der Waals surface area (Å²) in [4.78, 5) is 9.98. The number of hydroxylamine groups is 1. The third-order valence-corrected chi connectivity index (χ3v) is 7.58. The van der Waals surface area contributed by atoms with Crippen LogP contribution >= 0.6 is 0 Å². The van der Waals surface area contributed by atoms with Gasteiger partial charge < -0.3 is 29.5 Å². The zero-order chi connectivity index (χ0) is 26.2. The Morgan fingerprint density at radius 3 is 2.41 bits per heavy atom. The zero-order valence-electron chi connectivity index (χ0n) is 21.2. The van der Waals surface area contributed by atoms with Gasteiger partial charge >= 0.3 is 0 Å². The summed E-state index contributed by atoms with van der Waals surface area (Å²) < 4.78 is 18.0. The predicted octanol–water partition coefficient (Wildman–Crippen LogP) is 2.60. The summed E-state index contributed by atoms with van der Waals surface area (Å²) in [5.41, 5.74) is 2.68. The number of benzene rings is 2. The van der Waals surface area contributed by atoms with Crippen LogP contribution in [0, 0.1) is 17.2 Å². The average molecular weight is 503 g/mol. The van der Waals surface area contributed by atoms with Gasteiger partial charge in [0, 0.05) is 24.4 Å². The summed E-state index contributed by atoms with van der Waals surface area (Å²) in [5.74, 6) is 0.353. The lowest BCUT2D eigenvalue weighted by Gasteiger charge is -2.41. The summed E-state index contributed by atoms with van der Waals surface area (Å²) >= 11 is 0. The smallest absolute Gasteiger partial charge is 0.226 e. The van der Waals surface area contributed by atoms with E-state index < -0.39 is 17.2 Å². The Morgan fingerprint density at radius 2 is 1.81 bits per heavy atom. The quantitative estimate of drug-likeness (QED) is 0.400. The minimum absolute atomic E-state index is 0.201. The summed E-state index contributed by atoms with van der Waals surface area (Å²) in [6.07, 6.45) is 0. The first-order chi connectivity index (χ1) is 18.0. The molecule has 1 aromatic heterocycles. The Kier molecular flexibility index (Phi) is 6.52. The highest BCUT2D eigenvalue weighted by atomic mass is 16.6. The molecule has 1 saturated carbocycles. The monoisotopic (exact) mass is 502 g/mol. The molecule has 9 heteroatoms. The molecule has 2 aromatic carbocycles. The number of nitriles is 1. The number of hydrogen-bond donors (Lipinski definition) is 3. The van der Waals surface area contributed by atoms with E-state index in [2.05, 4.69) is 21.9 Å². The van der Waals surface area contributed by atoms with Gasteiger partial charge in [-0.1, -0.05) is 42.5 Å². The lowest BCUT2D eigenvalue weighted by molar-refractivity contribution is -0.137. The van der Waals surface area contributed by atoms with Crippen LogP contribution in [-0.2, 0) is 16.0 Å². The minimum Gasteiger partial charge on any atom is -0.481 e. The largest absolute Gasteiger partial charge is 0.481 e. The third kappa shape index (κ3) is 3.49. The summed E-state index contributed by atoms with van der Waals surface area (Å²) in [6.45, 7) is 0.547. The van der Waals surface area contributed by atoms with Crippen molar-refractivity contribution in [2.45, 2.75) is 23.2 Å². The molecule has 0 saturated heterocycles. The van der Waals surface area contributed by atoms with Gasteiger partial charge in [-0.2, -0.15) is 15.7 Å². The number of nitrogens with one attached hydrogen (secondary N) is 2. The van der Waals surface area contributed by atoms with Crippen LogP contribution in [0.2, 0.25) is 0 Å². The Hall–Kier alpha value is -3.68. The molecule has 37 heavy (non-hydrogen) atoms. The molecule has 1 aliphatic carbocycles. The van der Waals surface area contributed by atoms with Crippen LogP contribution < -0.4 is 25.0 Å². The average Bonchev–Trinajstić information content (AvgIpc) is 3.31. The number of hydrogen-bond acceptors (Lipinski definition) is 9. The van der Waals surface area contributed by atoms with Crippen molar-refractivity contribution in [1.82, 2.24) is 15.8 Å². The van der Waals surface area contributed by atoms with Crippen LogP contribution in [0.25, 0.3) is 0 Å². The number of methoxy groups -OCH3 is 2. The van der Waals surface area contributed by atoms with Crippen molar-refractivity contribution in [3.63, 3.8) is 0 Å². The van der Waals surface area contributed by atoms with E-state index in [1.807, 2.05) is 49.5 Å². The molecule has 0 radical (unpaired) electrons. The number of ether oxygens (including phenoxy) is 3. The Morgan fingerprint density at radius 1 is 1.08 bits per heavy atom. The summed E-state index contributed by atoms with van der Waals surface area (Å²) in [6, 6.07) is 20.3. The van der Waals surface area contributed by atoms with Crippen molar-refractivity contribution < 1.29 is 24.2 Å². The number of nitrogens with zero attached hydrogens (tertiary/aromatic N) is 2. The number of pyridine rings is 1. The molecule has 3 N–H and O–H groups in total. The van der Waals surface area contributed by atoms with E-state index in [0.717, 1.165) is 5.56 Å². The van der Waals surface area contributed by atoms with Gasteiger partial charge in [-0.3, -0.25) is 0 Å². The minimum atomic E-state index is -1.70. The number of aromatic nitrogens is 1. The van der Waals surface area contributed by atoms with Crippen LogP contribution in [0.4, 0.5) is 0 Å². The first kappa shape index (κ1) is 25.0. The molecule has 5 rings (SSSR count). The van der Waals surface area contributed by atoms with Crippen molar-refractivity contribution >= 4 is 0 Å². The molecule has 3 aromatic rings. The molecule has 0 spiro atoms. The SMILES string of the molecule is CNC[C@H]1[C@@H](NOC)[C@@]2(O)c3c(cc(OC)nc3OC)O[C@@]2(c2ccc(C#N)cc2)[C@@H]1c1ccccc1. The lowest BCUT2D eigenvalue weighted by Crippen LogP contribution is -2.56. The van der Waals surface area contributed by atoms with E-state index in [4.69, 9.17) is 19.0 Å². The molecule has 192 valence electrons. The second-order valence-corrected chi connectivity index (χ2v) is 9.25. The highest BCUT2D eigenvalue weighted by molar-refractivity contribution is 5.60. The van der Waals surface area contributed by atoms with Gasteiger partial charge in [0.2, 0.25) is 11.8 Å². The van der Waals surface area contributed by atoms with E-state index in [1.54, 1.807) is 18.2 Å². The molecule has 0 bridgehead atoms. The second kappa shape index (κ2) is 9.65.